The van der Waals surface area contributed by atoms with E-state index in [-0.39, 0.29) is 17.0 Å². The van der Waals surface area contributed by atoms with Crippen molar-refractivity contribution in [2.75, 3.05) is 0 Å². The summed E-state index contributed by atoms with van der Waals surface area (Å²) in [5, 5.41) is 24.3. The number of H-pyrrole nitrogens is 1. The van der Waals surface area contributed by atoms with Gasteiger partial charge in [0.1, 0.15) is 5.69 Å². The van der Waals surface area contributed by atoms with Crippen LogP contribution in [0.2, 0.25) is 0 Å². The van der Waals surface area contributed by atoms with Crippen molar-refractivity contribution in [1.82, 2.24) is 10.2 Å². The highest BCUT2D eigenvalue weighted by molar-refractivity contribution is 5.87. The molecule has 0 aliphatic heterocycles. The maximum absolute atomic E-state index is 13.3. The Morgan fingerprint density at radius 1 is 1.41 bits per heavy atom. The average molecular weight is 236 g/mol. The van der Waals surface area contributed by atoms with Crippen LogP contribution in [0, 0.1) is 12.7 Å². The molecule has 0 aliphatic carbocycles. The lowest BCUT2D eigenvalue weighted by atomic mass is 10.1. The van der Waals surface area contributed by atoms with Crippen LogP contribution >= 0.6 is 0 Å². The number of aromatic nitrogens is 2. The summed E-state index contributed by atoms with van der Waals surface area (Å²) in [5.74, 6) is -2.48. The first-order chi connectivity index (χ1) is 7.99. The number of aromatic amines is 1. The van der Waals surface area contributed by atoms with Crippen LogP contribution in [0.5, 0.6) is 5.75 Å². The second-order valence-electron chi connectivity index (χ2n) is 3.61. The number of phenols is 1. The van der Waals surface area contributed by atoms with E-state index >= 15 is 0 Å². The lowest BCUT2D eigenvalue weighted by Gasteiger charge is -2.03. The van der Waals surface area contributed by atoms with E-state index in [2.05, 4.69) is 10.2 Å². The van der Waals surface area contributed by atoms with Crippen molar-refractivity contribution in [3.8, 4) is 17.0 Å². The van der Waals surface area contributed by atoms with Gasteiger partial charge in [0.15, 0.2) is 11.6 Å². The minimum atomic E-state index is -1.17. The predicted molar refractivity (Wildman–Crippen MR) is 57.3 cm³/mol. The summed E-state index contributed by atoms with van der Waals surface area (Å²) in [4.78, 5) is 10.7. The molecule has 0 spiro atoms. The number of carboxylic acid groups (broad SMARTS) is 1. The summed E-state index contributed by atoms with van der Waals surface area (Å²) < 4.78 is 13.3. The van der Waals surface area contributed by atoms with Gasteiger partial charge in [0.2, 0.25) is 0 Å². The molecule has 3 N–H and O–H groups in total. The van der Waals surface area contributed by atoms with Gasteiger partial charge in [-0.3, -0.25) is 5.10 Å². The monoisotopic (exact) mass is 236 g/mol. The Morgan fingerprint density at radius 2 is 2.12 bits per heavy atom. The standard InChI is InChI=1S/C11H9FN2O3/c1-5-2-6(10(15)7(12)3-5)8-4-9(11(16)17)14-13-8/h2-4,15H,1H3,(H,13,14)(H,16,17). The lowest BCUT2D eigenvalue weighted by molar-refractivity contribution is 0.0690. The molecule has 2 rings (SSSR count). The Labute approximate surface area is 95.5 Å². The molecule has 1 aromatic carbocycles. The number of carbonyl (C=O) groups is 1. The average Bonchev–Trinajstić information content (AvgIpc) is 2.72. The molecule has 88 valence electrons. The van der Waals surface area contributed by atoms with E-state index in [1.54, 1.807) is 6.92 Å². The number of benzene rings is 1. The van der Waals surface area contributed by atoms with Crippen LogP contribution in [0.3, 0.4) is 0 Å². The zero-order valence-corrected chi connectivity index (χ0v) is 8.86. The minimum Gasteiger partial charge on any atom is -0.504 e. The number of hydrogen-bond acceptors (Lipinski definition) is 3. The number of nitrogens with zero attached hydrogens (tertiary/aromatic N) is 1. The number of carboxylic acids is 1. The molecule has 17 heavy (non-hydrogen) atoms. The largest absolute Gasteiger partial charge is 0.504 e. The van der Waals surface area contributed by atoms with Crippen LogP contribution in [-0.2, 0) is 0 Å². The smallest absolute Gasteiger partial charge is 0.353 e. The zero-order valence-electron chi connectivity index (χ0n) is 8.86. The zero-order chi connectivity index (χ0) is 12.6. The fraction of sp³-hybridized carbons (Fsp3) is 0.0909. The van der Waals surface area contributed by atoms with E-state index in [9.17, 15) is 14.3 Å². The number of aromatic hydroxyl groups is 1. The summed E-state index contributed by atoms with van der Waals surface area (Å²) in [6, 6.07) is 3.94. The second kappa shape index (κ2) is 3.89. The van der Waals surface area contributed by atoms with Crippen LogP contribution in [0.4, 0.5) is 4.39 Å². The van der Waals surface area contributed by atoms with Crippen molar-refractivity contribution in [3.05, 3.63) is 35.3 Å². The highest BCUT2D eigenvalue weighted by Gasteiger charge is 2.15. The van der Waals surface area contributed by atoms with Crippen molar-refractivity contribution in [1.29, 1.82) is 0 Å². The summed E-state index contributed by atoms with van der Waals surface area (Å²) in [7, 11) is 0. The van der Waals surface area contributed by atoms with Crippen molar-refractivity contribution < 1.29 is 19.4 Å². The molecule has 0 saturated carbocycles. The van der Waals surface area contributed by atoms with Crippen molar-refractivity contribution in [2.24, 2.45) is 0 Å². The summed E-state index contributed by atoms with van der Waals surface area (Å²) in [6.45, 7) is 1.66. The van der Waals surface area contributed by atoms with E-state index in [4.69, 9.17) is 5.11 Å². The van der Waals surface area contributed by atoms with Crippen LogP contribution in [0.25, 0.3) is 11.3 Å². The number of halogens is 1. The topological polar surface area (TPSA) is 86.2 Å². The van der Waals surface area contributed by atoms with E-state index < -0.39 is 17.5 Å². The fourth-order valence-corrected chi connectivity index (χ4v) is 1.50. The van der Waals surface area contributed by atoms with Gasteiger partial charge in [-0.05, 0) is 30.7 Å². The molecule has 5 nitrogen and oxygen atoms in total. The maximum atomic E-state index is 13.3. The van der Waals surface area contributed by atoms with Crippen LogP contribution < -0.4 is 0 Å². The molecule has 0 fully saturated rings. The van der Waals surface area contributed by atoms with Crippen molar-refractivity contribution in [3.63, 3.8) is 0 Å². The molecular formula is C11H9FN2O3. The van der Waals surface area contributed by atoms with Crippen LogP contribution in [0.1, 0.15) is 16.1 Å². The summed E-state index contributed by atoms with van der Waals surface area (Å²) in [6.07, 6.45) is 0. The maximum Gasteiger partial charge on any atom is 0.353 e. The Kier molecular flexibility index (Phi) is 2.55. The molecule has 2 aromatic rings. The van der Waals surface area contributed by atoms with Crippen molar-refractivity contribution >= 4 is 5.97 Å². The minimum absolute atomic E-state index is 0.124. The number of aromatic carboxylic acids is 1. The molecule has 0 atom stereocenters. The molecule has 0 bridgehead atoms. The van der Waals surface area contributed by atoms with E-state index in [1.807, 2.05) is 0 Å². The molecule has 0 aliphatic rings. The third-order valence-corrected chi connectivity index (χ3v) is 2.29. The van der Waals surface area contributed by atoms with E-state index in [0.717, 1.165) is 0 Å². The predicted octanol–water partition coefficient (Wildman–Crippen LogP) is 1.93. The number of rotatable bonds is 2. The number of nitrogens with one attached hydrogen (secondary N) is 1. The normalized spacial score (nSPS) is 10.5. The number of phenolic OH excluding ortho intramolecular Hbond substituents is 1. The molecule has 0 unspecified atom stereocenters. The molecule has 0 saturated heterocycles. The van der Waals surface area contributed by atoms with Crippen molar-refractivity contribution in [2.45, 2.75) is 6.92 Å². The van der Waals surface area contributed by atoms with Gasteiger partial charge in [0.05, 0.1) is 5.69 Å². The van der Waals surface area contributed by atoms with Gasteiger partial charge >= 0.3 is 5.97 Å². The SMILES string of the molecule is Cc1cc(F)c(O)c(-c2cc(C(=O)O)[nH]n2)c1. The number of hydrogen-bond donors (Lipinski definition) is 3. The Hall–Kier alpha value is -2.37. The molecule has 0 radical (unpaired) electrons. The van der Waals surface area contributed by atoms with E-state index in [1.165, 1.54) is 18.2 Å². The third-order valence-electron chi connectivity index (χ3n) is 2.29. The number of aryl methyl sites for hydroxylation is 1. The lowest BCUT2D eigenvalue weighted by Crippen LogP contribution is -1.95. The van der Waals surface area contributed by atoms with Gasteiger partial charge < -0.3 is 10.2 Å². The van der Waals surface area contributed by atoms with Crippen LogP contribution in [-0.4, -0.2) is 26.4 Å². The highest BCUT2D eigenvalue weighted by Crippen LogP contribution is 2.31. The molecule has 1 aromatic heterocycles. The third kappa shape index (κ3) is 1.96. The van der Waals surface area contributed by atoms with Gasteiger partial charge in [0.25, 0.3) is 0 Å². The Morgan fingerprint density at radius 3 is 2.71 bits per heavy atom. The summed E-state index contributed by atoms with van der Waals surface area (Å²) in [5.41, 5.74) is 0.824. The first kappa shape index (κ1) is 11.1. The quantitative estimate of drug-likeness (QED) is 0.743. The van der Waals surface area contributed by atoms with Gasteiger partial charge in [-0.1, -0.05) is 0 Å². The van der Waals surface area contributed by atoms with Gasteiger partial charge in [-0.25, -0.2) is 9.18 Å². The molecule has 0 amide bonds. The second-order valence-corrected chi connectivity index (χ2v) is 3.61. The van der Waals surface area contributed by atoms with Gasteiger partial charge in [-0.2, -0.15) is 5.10 Å². The van der Waals surface area contributed by atoms with E-state index in [0.29, 0.717) is 5.56 Å². The van der Waals surface area contributed by atoms with Gasteiger partial charge in [-0.15, -0.1) is 0 Å². The first-order valence-electron chi connectivity index (χ1n) is 4.77. The molecule has 6 heteroatoms. The first-order valence-corrected chi connectivity index (χ1v) is 4.77. The molecule has 1 heterocycles. The highest BCUT2D eigenvalue weighted by atomic mass is 19.1. The van der Waals surface area contributed by atoms with Crippen LogP contribution in [0.15, 0.2) is 18.2 Å². The Balaban J connectivity index is 2.56. The van der Waals surface area contributed by atoms with Gasteiger partial charge in [0, 0.05) is 5.56 Å². The Bertz CT molecular complexity index is 592. The summed E-state index contributed by atoms with van der Waals surface area (Å²) >= 11 is 0. The fourth-order valence-electron chi connectivity index (χ4n) is 1.50. The molecular weight excluding hydrogens is 227 g/mol.